The third-order valence-corrected chi connectivity index (χ3v) is 10.6. The summed E-state index contributed by atoms with van der Waals surface area (Å²) in [5.41, 5.74) is 10.3. The molecule has 8 radical (unpaired) electrons. The van der Waals surface area contributed by atoms with E-state index < -0.39 is 0 Å². The summed E-state index contributed by atoms with van der Waals surface area (Å²) in [5.74, 6) is 0. The summed E-state index contributed by atoms with van der Waals surface area (Å²) in [4.78, 5) is 0. The minimum Gasteiger partial charge on any atom is -0.136 e. The summed E-state index contributed by atoms with van der Waals surface area (Å²) in [6.07, 6.45) is 13.4. The lowest BCUT2D eigenvalue weighted by Gasteiger charge is -2.20. The third kappa shape index (κ3) is 5.56. The smallest absolute Gasteiger partial charge is 0.116 e. The van der Waals surface area contributed by atoms with E-state index in [9.17, 15) is 0 Å². The molecule has 0 bridgehead atoms. The van der Waals surface area contributed by atoms with Gasteiger partial charge in [-0.25, -0.2) is 0 Å². The molecule has 0 aliphatic heterocycles. The molecule has 0 fully saturated rings. The summed E-state index contributed by atoms with van der Waals surface area (Å²) < 4.78 is 2.04. The molecular formula is C45H30B4S. The van der Waals surface area contributed by atoms with Crippen LogP contribution in [-0.4, -0.2) is 31.4 Å². The minimum atomic E-state index is 0.483. The zero-order valence-electron chi connectivity index (χ0n) is 28.0. The molecule has 0 saturated carbocycles. The second-order valence-corrected chi connectivity index (χ2v) is 13.4. The van der Waals surface area contributed by atoms with E-state index in [4.69, 9.17) is 31.4 Å². The molecule has 5 heteroatoms. The molecule has 0 aliphatic carbocycles. The normalized spacial score (nSPS) is 12.2. The van der Waals surface area contributed by atoms with Crippen molar-refractivity contribution in [2.45, 2.75) is 6.92 Å². The average Bonchev–Trinajstić information content (AvgIpc) is 3.52. The Morgan fingerprint density at radius 2 is 1.32 bits per heavy atom. The van der Waals surface area contributed by atoms with Gasteiger partial charge in [0.25, 0.3) is 0 Å². The van der Waals surface area contributed by atoms with E-state index in [-0.39, 0.29) is 0 Å². The summed E-state index contributed by atoms with van der Waals surface area (Å²) in [5, 5.41) is 6.16. The summed E-state index contributed by atoms with van der Waals surface area (Å²) in [7, 11) is 27.3. The summed E-state index contributed by atoms with van der Waals surface area (Å²) in [6.45, 7) is 14.1. The van der Waals surface area contributed by atoms with Crippen LogP contribution in [0.2, 0.25) is 0 Å². The monoisotopic (exact) mass is 646 g/mol. The van der Waals surface area contributed by atoms with E-state index in [2.05, 4.69) is 106 Å². The molecule has 6 aromatic carbocycles. The molecule has 0 atom stereocenters. The van der Waals surface area contributed by atoms with Crippen LogP contribution in [0.15, 0.2) is 147 Å². The summed E-state index contributed by atoms with van der Waals surface area (Å²) >= 11 is 1.64. The Bertz CT molecular complexity index is 2630. The number of allylic oxidation sites excluding steroid dienone is 9. The number of hydrogen-bond donors (Lipinski definition) is 0. The van der Waals surface area contributed by atoms with Crippen LogP contribution in [0, 0.1) is 0 Å². The number of thiophene rings is 1. The molecule has 228 valence electrons. The fourth-order valence-corrected chi connectivity index (χ4v) is 8.20. The van der Waals surface area contributed by atoms with Gasteiger partial charge in [-0.15, -0.1) is 11.3 Å². The Morgan fingerprint density at radius 3 is 2.04 bits per heavy atom. The molecule has 0 spiro atoms. The largest absolute Gasteiger partial charge is 0.136 e. The topological polar surface area (TPSA) is 0 Å². The lowest BCUT2D eigenvalue weighted by atomic mass is 9.69. The van der Waals surface area contributed by atoms with Crippen molar-refractivity contribution in [1.29, 1.82) is 0 Å². The molecule has 0 nitrogen and oxygen atoms in total. The van der Waals surface area contributed by atoms with E-state index in [1.807, 2.05) is 36.4 Å². The van der Waals surface area contributed by atoms with Crippen molar-refractivity contribution < 1.29 is 0 Å². The quantitative estimate of drug-likeness (QED) is 0.0881. The Hall–Kier alpha value is -5.24. The Kier molecular flexibility index (Phi) is 9.03. The summed E-state index contributed by atoms with van der Waals surface area (Å²) in [6, 6.07) is 29.3. The van der Waals surface area contributed by atoms with Crippen molar-refractivity contribution in [3.63, 3.8) is 0 Å². The number of fused-ring (bicyclic) bond motifs is 5. The highest BCUT2D eigenvalue weighted by atomic mass is 32.1. The SMILES string of the molecule is [B]c1c(-c2ccc(-c3c4ccccc4c(C(=C)/C=C\C=C)c4c([B])cccc34)cc2)c([B])c2sc3cc(/C(C)=C/C=C\C=C)ccc3c2c1[B]. The van der Waals surface area contributed by atoms with Gasteiger partial charge in [-0.3, -0.25) is 0 Å². The van der Waals surface area contributed by atoms with Gasteiger partial charge in [0.1, 0.15) is 31.4 Å². The van der Waals surface area contributed by atoms with Crippen LogP contribution in [0.1, 0.15) is 18.1 Å². The highest BCUT2D eigenvalue weighted by Crippen LogP contribution is 2.42. The van der Waals surface area contributed by atoms with Gasteiger partial charge in [-0.1, -0.05) is 163 Å². The molecule has 0 aliphatic rings. The first-order valence-corrected chi connectivity index (χ1v) is 17.2. The van der Waals surface area contributed by atoms with Gasteiger partial charge < -0.3 is 0 Å². The lowest BCUT2D eigenvalue weighted by molar-refractivity contribution is 1.62. The average molecular weight is 646 g/mol. The van der Waals surface area contributed by atoms with Crippen LogP contribution in [0.25, 0.3) is 75.1 Å². The maximum atomic E-state index is 6.97. The van der Waals surface area contributed by atoms with Crippen molar-refractivity contribution in [2.24, 2.45) is 0 Å². The Labute approximate surface area is 303 Å². The van der Waals surface area contributed by atoms with Crippen molar-refractivity contribution in [2.75, 3.05) is 0 Å². The van der Waals surface area contributed by atoms with Gasteiger partial charge >= 0.3 is 0 Å². The predicted octanol–water partition coefficient (Wildman–Crippen LogP) is 8.77. The van der Waals surface area contributed by atoms with Crippen LogP contribution in [0.3, 0.4) is 0 Å². The first-order chi connectivity index (χ1) is 24.2. The third-order valence-electron chi connectivity index (χ3n) is 9.38. The van der Waals surface area contributed by atoms with Crippen molar-refractivity contribution >= 4 is 117 Å². The first kappa shape index (κ1) is 33.3. The molecule has 7 aromatic rings. The van der Waals surface area contributed by atoms with E-state index in [1.165, 1.54) is 0 Å². The van der Waals surface area contributed by atoms with E-state index in [1.54, 1.807) is 23.5 Å². The van der Waals surface area contributed by atoms with Gasteiger partial charge in [0.05, 0.1) is 0 Å². The van der Waals surface area contributed by atoms with Crippen LogP contribution in [0.5, 0.6) is 0 Å². The van der Waals surface area contributed by atoms with Crippen molar-refractivity contribution in [3.8, 4) is 22.3 Å². The number of hydrogen-bond acceptors (Lipinski definition) is 1. The van der Waals surface area contributed by atoms with E-state index in [0.717, 1.165) is 86.2 Å². The molecule has 0 amide bonds. The molecule has 1 aromatic heterocycles. The van der Waals surface area contributed by atoms with Gasteiger partial charge in [-0.2, -0.15) is 0 Å². The molecular weight excluding hydrogens is 616 g/mol. The van der Waals surface area contributed by atoms with Crippen LogP contribution >= 0.6 is 11.3 Å². The van der Waals surface area contributed by atoms with E-state index in [0.29, 0.717) is 21.9 Å². The van der Waals surface area contributed by atoms with Gasteiger partial charge in [0.15, 0.2) is 0 Å². The van der Waals surface area contributed by atoms with Crippen molar-refractivity contribution in [1.82, 2.24) is 0 Å². The van der Waals surface area contributed by atoms with Crippen molar-refractivity contribution in [3.05, 3.63) is 158 Å². The maximum absolute atomic E-state index is 6.97. The fourth-order valence-electron chi connectivity index (χ4n) is 6.98. The second-order valence-electron chi connectivity index (χ2n) is 12.4. The van der Waals surface area contributed by atoms with Gasteiger partial charge in [0.2, 0.25) is 0 Å². The predicted molar refractivity (Wildman–Crippen MR) is 228 cm³/mol. The number of benzene rings is 6. The minimum absolute atomic E-state index is 0.483. The molecule has 0 saturated heterocycles. The molecule has 0 unspecified atom stereocenters. The highest BCUT2D eigenvalue weighted by molar-refractivity contribution is 7.27. The zero-order valence-corrected chi connectivity index (χ0v) is 28.8. The Morgan fingerprint density at radius 1 is 0.640 bits per heavy atom. The standard InChI is InChI=1S/C45H30B4S/c1-5-7-9-14-26(3)30-23-24-33-36(25-30)50-45-41(33)43(48)42(47)39(44(45)49)29-21-19-28(20-22-29)38-32-16-11-10-15-31(32)37(27(4)13-8-6-2)40-34(38)17-12-18-35(40)46/h5-25H,1-2,4H2,3H3/b9-7-,13-8-,26-14+. The molecule has 0 N–H and O–H groups in total. The number of rotatable bonds is 8. The lowest BCUT2D eigenvalue weighted by Crippen LogP contribution is -2.33. The Balaban J connectivity index is 1.38. The van der Waals surface area contributed by atoms with Crippen LogP contribution in [0.4, 0.5) is 0 Å². The van der Waals surface area contributed by atoms with Crippen LogP contribution in [-0.2, 0) is 0 Å². The highest BCUT2D eigenvalue weighted by Gasteiger charge is 2.20. The fraction of sp³-hybridized carbons (Fsp3) is 0.0222. The zero-order chi connectivity index (χ0) is 35.1. The van der Waals surface area contributed by atoms with Gasteiger partial charge in [0, 0.05) is 9.40 Å². The molecule has 1 heterocycles. The maximum Gasteiger partial charge on any atom is 0.116 e. The van der Waals surface area contributed by atoms with Gasteiger partial charge in [-0.05, 0) is 89.8 Å². The molecule has 7 rings (SSSR count). The first-order valence-electron chi connectivity index (χ1n) is 16.4. The van der Waals surface area contributed by atoms with Crippen LogP contribution < -0.4 is 21.9 Å². The van der Waals surface area contributed by atoms with E-state index >= 15 is 0 Å². The second kappa shape index (κ2) is 13.6. The molecule has 50 heavy (non-hydrogen) atoms.